The van der Waals surface area contributed by atoms with Crippen LogP contribution in [0.2, 0.25) is 0 Å². The Bertz CT molecular complexity index is 376. The van der Waals surface area contributed by atoms with Gasteiger partial charge in [-0.2, -0.15) is 0 Å². The van der Waals surface area contributed by atoms with E-state index >= 15 is 0 Å². The lowest BCUT2D eigenvalue weighted by atomic mass is 9.96. The summed E-state index contributed by atoms with van der Waals surface area (Å²) in [7, 11) is 4.85. The number of carbonyl (C=O) groups is 1. The number of aldehydes is 1. The minimum Gasteiger partial charge on any atom is -0.496 e. The molecular weight excluding hydrogens is 232 g/mol. The molecule has 0 bridgehead atoms. The Morgan fingerprint density at radius 2 is 1.72 bits per heavy atom. The lowest BCUT2D eigenvalue weighted by Gasteiger charge is -2.17. The Labute approximate surface area is 108 Å². The molecule has 0 aliphatic rings. The quantitative estimate of drug-likeness (QED) is 0.699. The highest BCUT2D eigenvalue weighted by atomic mass is 16.5. The highest BCUT2D eigenvalue weighted by molar-refractivity contribution is 5.54. The molecule has 100 valence electrons. The maximum absolute atomic E-state index is 10.6. The fourth-order valence-electron chi connectivity index (χ4n) is 1.86. The first kappa shape index (κ1) is 14.5. The minimum atomic E-state index is 0.141. The van der Waals surface area contributed by atoms with Crippen LogP contribution in [0.15, 0.2) is 12.1 Å². The molecule has 1 aromatic rings. The fourth-order valence-corrected chi connectivity index (χ4v) is 1.86. The van der Waals surface area contributed by atoms with Crippen molar-refractivity contribution in [1.29, 1.82) is 0 Å². The third-order valence-electron chi connectivity index (χ3n) is 2.94. The Hall–Kier alpha value is -1.55. The van der Waals surface area contributed by atoms with Crippen molar-refractivity contribution in [3.63, 3.8) is 0 Å². The first-order valence-corrected chi connectivity index (χ1v) is 5.85. The molecule has 4 heteroatoms. The van der Waals surface area contributed by atoms with Gasteiger partial charge in [0, 0.05) is 13.5 Å². The van der Waals surface area contributed by atoms with E-state index in [9.17, 15) is 4.79 Å². The predicted molar refractivity (Wildman–Crippen MR) is 69.4 cm³/mol. The molecule has 0 amide bonds. The van der Waals surface area contributed by atoms with Crippen LogP contribution in [0.25, 0.3) is 0 Å². The molecular formula is C14H20O4. The molecule has 1 rings (SSSR count). The standard InChI is InChI=1S/C14H20O4/c1-10(5-6-15)11-7-13(17-3)12(9-16-2)14(8-11)18-4/h6-8,10H,5,9H2,1-4H3. The number of benzene rings is 1. The van der Waals surface area contributed by atoms with Crippen molar-refractivity contribution in [1.82, 2.24) is 0 Å². The van der Waals surface area contributed by atoms with Gasteiger partial charge in [-0.1, -0.05) is 6.92 Å². The fraction of sp³-hybridized carbons (Fsp3) is 0.500. The second-order valence-corrected chi connectivity index (χ2v) is 4.14. The number of carbonyl (C=O) groups excluding carboxylic acids is 1. The maximum atomic E-state index is 10.6. The highest BCUT2D eigenvalue weighted by Gasteiger charge is 2.15. The van der Waals surface area contributed by atoms with Crippen LogP contribution in [0.4, 0.5) is 0 Å². The molecule has 1 unspecified atom stereocenters. The van der Waals surface area contributed by atoms with Crippen LogP contribution in [0.3, 0.4) is 0 Å². The minimum absolute atomic E-state index is 0.141. The molecule has 0 spiro atoms. The monoisotopic (exact) mass is 252 g/mol. The zero-order valence-corrected chi connectivity index (χ0v) is 11.4. The van der Waals surface area contributed by atoms with E-state index in [1.807, 2.05) is 19.1 Å². The van der Waals surface area contributed by atoms with Crippen molar-refractivity contribution in [2.45, 2.75) is 25.9 Å². The molecule has 0 radical (unpaired) electrons. The SMILES string of the molecule is COCc1c(OC)cc(C(C)CC=O)cc1OC. The molecule has 0 aliphatic heterocycles. The van der Waals surface area contributed by atoms with Crippen LogP contribution in [0.1, 0.15) is 30.4 Å². The second-order valence-electron chi connectivity index (χ2n) is 4.14. The van der Waals surface area contributed by atoms with E-state index in [2.05, 4.69) is 0 Å². The maximum Gasteiger partial charge on any atom is 0.128 e. The van der Waals surface area contributed by atoms with Crippen molar-refractivity contribution < 1.29 is 19.0 Å². The normalized spacial score (nSPS) is 12.0. The predicted octanol–water partition coefficient (Wildman–Crippen LogP) is 2.54. The van der Waals surface area contributed by atoms with E-state index in [-0.39, 0.29) is 5.92 Å². The van der Waals surface area contributed by atoms with Gasteiger partial charge >= 0.3 is 0 Å². The van der Waals surface area contributed by atoms with E-state index in [1.165, 1.54) is 0 Å². The van der Waals surface area contributed by atoms with Gasteiger partial charge in [0.15, 0.2) is 0 Å². The molecule has 1 atom stereocenters. The van der Waals surface area contributed by atoms with Crippen LogP contribution in [0.5, 0.6) is 11.5 Å². The van der Waals surface area contributed by atoms with Crippen LogP contribution in [-0.2, 0) is 16.1 Å². The number of ether oxygens (including phenoxy) is 3. The van der Waals surface area contributed by atoms with Gasteiger partial charge < -0.3 is 19.0 Å². The Morgan fingerprint density at radius 1 is 1.17 bits per heavy atom. The summed E-state index contributed by atoms with van der Waals surface area (Å²) in [5.41, 5.74) is 1.90. The molecule has 1 aromatic carbocycles. The van der Waals surface area contributed by atoms with E-state index in [0.717, 1.165) is 28.9 Å². The van der Waals surface area contributed by atoms with Crippen molar-refractivity contribution in [3.05, 3.63) is 23.3 Å². The smallest absolute Gasteiger partial charge is 0.128 e. The van der Waals surface area contributed by atoms with Crippen molar-refractivity contribution in [3.8, 4) is 11.5 Å². The summed E-state index contributed by atoms with van der Waals surface area (Å²) < 4.78 is 15.9. The topological polar surface area (TPSA) is 44.8 Å². The summed E-state index contributed by atoms with van der Waals surface area (Å²) in [6.07, 6.45) is 1.41. The van der Waals surface area contributed by atoms with Crippen molar-refractivity contribution in [2.24, 2.45) is 0 Å². The summed E-state index contributed by atoms with van der Waals surface area (Å²) in [5.74, 6) is 1.59. The lowest BCUT2D eigenvalue weighted by molar-refractivity contribution is -0.108. The number of rotatable bonds is 7. The summed E-state index contributed by atoms with van der Waals surface area (Å²) in [5, 5.41) is 0. The summed E-state index contributed by atoms with van der Waals surface area (Å²) in [6, 6.07) is 3.87. The molecule has 0 heterocycles. The van der Waals surface area contributed by atoms with Crippen LogP contribution in [0, 0.1) is 0 Å². The highest BCUT2D eigenvalue weighted by Crippen LogP contribution is 2.34. The Morgan fingerprint density at radius 3 is 2.11 bits per heavy atom. The third kappa shape index (κ3) is 3.23. The van der Waals surface area contributed by atoms with Gasteiger partial charge in [-0.15, -0.1) is 0 Å². The van der Waals surface area contributed by atoms with Gasteiger partial charge in [-0.25, -0.2) is 0 Å². The van der Waals surface area contributed by atoms with Gasteiger partial charge in [0.1, 0.15) is 17.8 Å². The largest absolute Gasteiger partial charge is 0.496 e. The molecule has 0 saturated carbocycles. The van der Waals surface area contributed by atoms with E-state index < -0.39 is 0 Å². The third-order valence-corrected chi connectivity index (χ3v) is 2.94. The van der Waals surface area contributed by atoms with Gasteiger partial charge in [0.2, 0.25) is 0 Å². The summed E-state index contributed by atoms with van der Waals surface area (Å²) >= 11 is 0. The molecule has 0 aromatic heterocycles. The van der Waals surface area contributed by atoms with Crippen LogP contribution in [-0.4, -0.2) is 27.6 Å². The zero-order chi connectivity index (χ0) is 13.5. The zero-order valence-electron chi connectivity index (χ0n) is 11.4. The number of hydrogen-bond donors (Lipinski definition) is 0. The molecule has 4 nitrogen and oxygen atoms in total. The Balaban J connectivity index is 3.20. The molecule has 0 N–H and O–H groups in total. The number of hydrogen-bond acceptors (Lipinski definition) is 4. The van der Waals surface area contributed by atoms with Crippen molar-refractivity contribution >= 4 is 6.29 Å². The lowest BCUT2D eigenvalue weighted by Crippen LogP contribution is -2.02. The van der Waals surface area contributed by atoms with Crippen molar-refractivity contribution in [2.75, 3.05) is 21.3 Å². The molecule has 18 heavy (non-hydrogen) atoms. The van der Waals surface area contributed by atoms with E-state index in [1.54, 1.807) is 21.3 Å². The number of methoxy groups -OCH3 is 3. The summed E-state index contributed by atoms with van der Waals surface area (Å²) in [4.78, 5) is 10.6. The molecule has 0 saturated heterocycles. The van der Waals surface area contributed by atoms with Gasteiger partial charge in [-0.05, 0) is 23.6 Å². The second kappa shape index (κ2) is 7.01. The van der Waals surface area contributed by atoms with Crippen LogP contribution >= 0.6 is 0 Å². The van der Waals surface area contributed by atoms with Gasteiger partial charge in [0.25, 0.3) is 0 Å². The van der Waals surface area contributed by atoms with Gasteiger partial charge in [0.05, 0.1) is 26.4 Å². The summed E-state index contributed by atoms with van der Waals surface area (Å²) in [6.45, 7) is 2.42. The first-order valence-electron chi connectivity index (χ1n) is 5.85. The average molecular weight is 252 g/mol. The van der Waals surface area contributed by atoms with E-state index in [4.69, 9.17) is 14.2 Å². The van der Waals surface area contributed by atoms with E-state index in [0.29, 0.717) is 13.0 Å². The van der Waals surface area contributed by atoms with Crippen LogP contribution < -0.4 is 9.47 Å². The molecule has 0 fully saturated rings. The molecule has 0 aliphatic carbocycles. The first-order chi connectivity index (χ1) is 8.67. The van der Waals surface area contributed by atoms with Gasteiger partial charge in [-0.3, -0.25) is 0 Å². The average Bonchev–Trinajstić information content (AvgIpc) is 2.39. The Kier molecular flexibility index (Phi) is 5.65.